The van der Waals surface area contributed by atoms with Gasteiger partial charge in [-0.05, 0) is 37.1 Å². The Kier molecular flexibility index (Phi) is 5.46. The van der Waals surface area contributed by atoms with Crippen molar-refractivity contribution in [1.29, 1.82) is 0 Å². The molecule has 1 aromatic carbocycles. The molecule has 0 bridgehead atoms. The first-order valence-electron chi connectivity index (χ1n) is 8.59. The van der Waals surface area contributed by atoms with Gasteiger partial charge >= 0.3 is 5.97 Å². The topological polar surface area (TPSA) is 75.6 Å². The summed E-state index contributed by atoms with van der Waals surface area (Å²) in [7, 11) is 0. The van der Waals surface area contributed by atoms with Crippen LogP contribution in [-0.2, 0) is 9.53 Å². The highest BCUT2D eigenvalue weighted by Gasteiger charge is 2.23. The molecule has 1 amide bonds. The smallest absolute Gasteiger partial charge is 0.338 e. The molecule has 1 aliphatic heterocycles. The molecule has 0 radical (unpaired) electrons. The highest BCUT2D eigenvalue weighted by Crippen LogP contribution is 2.14. The molecular formula is C19H22N4O3. The first-order chi connectivity index (χ1) is 12.6. The van der Waals surface area contributed by atoms with Crippen LogP contribution in [0.4, 0.5) is 5.95 Å². The van der Waals surface area contributed by atoms with Gasteiger partial charge in [-0.1, -0.05) is 12.1 Å². The monoisotopic (exact) mass is 354 g/mol. The van der Waals surface area contributed by atoms with Crippen LogP contribution < -0.4 is 4.90 Å². The molecule has 136 valence electrons. The zero-order chi connectivity index (χ0) is 18.5. The maximum Gasteiger partial charge on any atom is 0.338 e. The van der Waals surface area contributed by atoms with Gasteiger partial charge in [0, 0.05) is 38.6 Å². The molecule has 0 spiro atoms. The van der Waals surface area contributed by atoms with Crippen LogP contribution in [0, 0.1) is 13.8 Å². The minimum Gasteiger partial charge on any atom is -0.452 e. The summed E-state index contributed by atoms with van der Waals surface area (Å²) in [5.41, 5.74) is 2.40. The number of carbonyl (C=O) groups excluding carboxylic acids is 2. The molecule has 7 heteroatoms. The van der Waals surface area contributed by atoms with Crippen molar-refractivity contribution in [3.63, 3.8) is 0 Å². The van der Waals surface area contributed by atoms with Crippen LogP contribution in [0.15, 0.2) is 36.7 Å². The number of ether oxygens (including phenoxy) is 1. The predicted octanol–water partition coefficient (Wildman–Crippen LogP) is 1.60. The van der Waals surface area contributed by atoms with Crippen LogP contribution in [0.3, 0.4) is 0 Å². The van der Waals surface area contributed by atoms with Gasteiger partial charge in [0.15, 0.2) is 6.61 Å². The first-order valence-corrected chi connectivity index (χ1v) is 8.59. The van der Waals surface area contributed by atoms with E-state index < -0.39 is 5.97 Å². The Balaban J connectivity index is 1.50. The fraction of sp³-hybridized carbons (Fsp3) is 0.368. The zero-order valence-corrected chi connectivity index (χ0v) is 15.0. The Hall–Kier alpha value is -2.96. The molecule has 7 nitrogen and oxygen atoms in total. The van der Waals surface area contributed by atoms with E-state index in [1.165, 1.54) is 0 Å². The number of aryl methyl sites for hydroxylation is 1. The molecule has 0 atom stereocenters. The molecular weight excluding hydrogens is 332 g/mol. The number of benzene rings is 1. The average molecular weight is 354 g/mol. The minimum absolute atomic E-state index is 0.183. The summed E-state index contributed by atoms with van der Waals surface area (Å²) in [5.74, 6) is 0.0223. The molecule has 1 aliphatic rings. The molecule has 0 unspecified atom stereocenters. The van der Waals surface area contributed by atoms with E-state index in [1.807, 2.05) is 30.9 Å². The minimum atomic E-state index is -0.462. The summed E-state index contributed by atoms with van der Waals surface area (Å²) in [5, 5.41) is 0. The third-order valence-electron chi connectivity index (χ3n) is 4.62. The third kappa shape index (κ3) is 3.99. The molecule has 3 rings (SSSR count). The van der Waals surface area contributed by atoms with Crippen molar-refractivity contribution in [1.82, 2.24) is 14.9 Å². The molecule has 1 aromatic heterocycles. The molecule has 0 N–H and O–H groups in total. The summed E-state index contributed by atoms with van der Waals surface area (Å²) in [6, 6.07) is 7.24. The maximum absolute atomic E-state index is 12.3. The van der Waals surface area contributed by atoms with Gasteiger partial charge in [0.1, 0.15) is 0 Å². The lowest BCUT2D eigenvalue weighted by molar-refractivity contribution is -0.134. The Bertz CT molecular complexity index is 787. The van der Waals surface area contributed by atoms with Gasteiger partial charge in [0.2, 0.25) is 5.95 Å². The molecule has 1 fully saturated rings. The fourth-order valence-electron chi connectivity index (χ4n) is 2.88. The van der Waals surface area contributed by atoms with Crippen LogP contribution in [0.2, 0.25) is 0 Å². The highest BCUT2D eigenvalue weighted by atomic mass is 16.5. The van der Waals surface area contributed by atoms with Crippen LogP contribution in [0.1, 0.15) is 21.5 Å². The number of anilines is 1. The molecule has 26 heavy (non-hydrogen) atoms. The Morgan fingerprint density at radius 3 is 2.42 bits per heavy atom. The van der Waals surface area contributed by atoms with Crippen LogP contribution in [-0.4, -0.2) is 59.5 Å². The van der Waals surface area contributed by atoms with E-state index in [1.54, 1.807) is 29.4 Å². The summed E-state index contributed by atoms with van der Waals surface area (Å²) in [6.07, 6.45) is 3.40. The normalized spacial score (nSPS) is 14.2. The lowest BCUT2D eigenvalue weighted by Crippen LogP contribution is -2.50. The second-order valence-corrected chi connectivity index (χ2v) is 6.24. The van der Waals surface area contributed by atoms with Crippen molar-refractivity contribution in [2.24, 2.45) is 0 Å². The van der Waals surface area contributed by atoms with E-state index in [4.69, 9.17) is 4.74 Å². The van der Waals surface area contributed by atoms with Gasteiger partial charge in [-0.2, -0.15) is 0 Å². The molecule has 0 aliphatic carbocycles. The molecule has 0 saturated carbocycles. The summed E-state index contributed by atoms with van der Waals surface area (Å²) in [4.78, 5) is 36.7. The fourth-order valence-corrected chi connectivity index (χ4v) is 2.88. The molecule has 2 aromatic rings. The van der Waals surface area contributed by atoms with Gasteiger partial charge in [0.05, 0.1) is 5.56 Å². The SMILES string of the molecule is Cc1cccc(C(=O)OCC(=O)N2CCN(c3ncccn3)CC2)c1C. The van der Waals surface area contributed by atoms with Gasteiger partial charge in [-0.15, -0.1) is 0 Å². The average Bonchev–Trinajstić information content (AvgIpc) is 2.69. The number of rotatable bonds is 4. The number of hydrogen-bond donors (Lipinski definition) is 0. The molecule has 1 saturated heterocycles. The van der Waals surface area contributed by atoms with E-state index in [-0.39, 0.29) is 12.5 Å². The number of carbonyl (C=O) groups is 2. The van der Waals surface area contributed by atoms with Gasteiger partial charge in [-0.25, -0.2) is 14.8 Å². The molecule has 2 heterocycles. The maximum atomic E-state index is 12.3. The van der Waals surface area contributed by atoms with E-state index in [9.17, 15) is 9.59 Å². The number of hydrogen-bond acceptors (Lipinski definition) is 6. The van der Waals surface area contributed by atoms with Crippen molar-refractivity contribution >= 4 is 17.8 Å². The van der Waals surface area contributed by atoms with Crippen LogP contribution >= 0.6 is 0 Å². The first kappa shape index (κ1) is 17.8. The Labute approximate surface area is 152 Å². The second kappa shape index (κ2) is 7.95. The van der Waals surface area contributed by atoms with Crippen molar-refractivity contribution in [2.75, 3.05) is 37.7 Å². The highest BCUT2D eigenvalue weighted by molar-refractivity contribution is 5.93. The van der Waals surface area contributed by atoms with Crippen LogP contribution in [0.5, 0.6) is 0 Å². The van der Waals surface area contributed by atoms with Gasteiger partial charge < -0.3 is 14.5 Å². The van der Waals surface area contributed by atoms with Gasteiger partial charge in [0.25, 0.3) is 5.91 Å². The van der Waals surface area contributed by atoms with Crippen molar-refractivity contribution in [3.05, 3.63) is 53.3 Å². The Morgan fingerprint density at radius 1 is 1.04 bits per heavy atom. The summed E-state index contributed by atoms with van der Waals surface area (Å²) < 4.78 is 5.22. The number of amides is 1. The zero-order valence-electron chi connectivity index (χ0n) is 15.0. The lowest BCUT2D eigenvalue weighted by atomic mass is 10.0. The largest absolute Gasteiger partial charge is 0.452 e. The quantitative estimate of drug-likeness (QED) is 0.777. The summed E-state index contributed by atoms with van der Waals surface area (Å²) in [6.45, 7) is 5.98. The van der Waals surface area contributed by atoms with Crippen molar-refractivity contribution in [3.8, 4) is 0 Å². The number of piperazine rings is 1. The predicted molar refractivity (Wildman–Crippen MR) is 97.0 cm³/mol. The summed E-state index contributed by atoms with van der Waals surface area (Å²) >= 11 is 0. The number of esters is 1. The number of nitrogens with zero attached hydrogens (tertiary/aromatic N) is 4. The van der Waals surface area contributed by atoms with Crippen molar-refractivity contribution < 1.29 is 14.3 Å². The third-order valence-corrected chi connectivity index (χ3v) is 4.62. The van der Waals surface area contributed by atoms with Crippen molar-refractivity contribution in [2.45, 2.75) is 13.8 Å². The van der Waals surface area contributed by atoms with E-state index in [0.717, 1.165) is 11.1 Å². The second-order valence-electron chi connectivity index (χ2n) is 6.24. The number of aromatic nitrogens is 2. The van der Waals surface area contributed by atoms with E-state index in [2.05, 4.69) is 9.97 Å². The lowest BCUT2D eigenvalue weighted by Gasteiger charge is -2.34. The van der Waals surface area contributed by atoms with E-state index in [0.29, 0.717) is 37.7 Å². The standard InChI is InChI=1S/C19H22N4O3/c1-14-5-3-6-16(15(14)2)18(25)26-13-17(24)22-9-11-23(12-10-22)19-20-7-4-8-21-19/h3-8H,9-13H2,1-2H3. The van der Waals surface area contributed by atoms with E-state index >= 15 is 0 Å². The Morgan fingerprint density at radius 2 is 1.73 bits per heavy atom. The van der Waals surface area contributed by atoms with Gasteiger partial charge in [-0.3, -0.25) is 4.79 Å². The van der Waals surface area contributed by atoms with Crippen LogP contribution in [0.25, 0.3) is 0 Å².